The predicted octanol–water partition coefficient (Wildman–Crippen LogP) is 2.81. The zero-order valence-electron chi connectivity index (χ0n) is 10.9. The van der Waals surface area contributed by atoms with Crippen LogP contribution in [0.3, 0.4) is 0 Å². The maximum atomic E-state index is 12.0. The summed E-state index contributed by atoms with van der Waals surface area (Å²) in [5.41, 5.74) is 6.31. The summed E-state index contributed by atoms with van der Waals surface area (Å²) in [5.74, 6) is -0.408. The Morgan fingerprint density at radius 1 is 1.37 bits per heavy atom. The number of aromatic nitrogens is 1. The van der Waals surface area contributed by atoms with Crippen molar-refractivity contribution in [3.8, 4) is 0 Å². The SMILES string of the molecule is CC(N)[C@H](C)C(=O)Nc1cc2ccncc2cc1Cl. The summed E-state index contributed by atoms with van der Waals surface area (Å²) < 4.78 is 0. The number of halogens is 1. The minimum absolute atomic E-state index is 0.134. The number of nitrogens with two attached hydrogens (primary N) is 1. The van der Waals surface area contributed by atoms with Crippen LogP contribution in [0.1, 0.15) is 13.8 Å². The molecule has 0 bridgehead atoms. The van der Waals surface area contributed by atoms with Crippen LogP contribution in [0.25, 0.3) is 10.8 Å². The van der Waals surface area contributed by atoms with Crippen LogP contribution in [0, 0.1) is 5.92 Å². The number of hydrogen-bond donors (Lipinski definition) is 2. The number of nitrogens with zero attached hydrogens (tertiary/aromatic N) is 1. The molecular weight excluding hydrogens is 262 g/mol. The number of benzene rings is 1. The number of carbonyl (C=O) groups excluding carboxylic acids is 1. The highest BCUT2D eigenvalue weighted by Crippen LogP contribution is 2.28. The summed E-state index contributed by atoms with van der Waals surface area (Å²) in [5, 5.41) is 5.21. The Bertz CT molecular complexity index is 613. The van der Waals surface area contributed by atoms with Crippen LogP contribution in [0.5, 0.6) is 0 Å². The normalized spacial score (nSPS) is 14.1. The second kappa shape index (κ2) is 5.55. The number of nitrogens with one attached hydrogen (secondary N) is 1. The molecule has 1 aromatic heterocycles. The van der Waals surface area contributed by atoms with Crippen molar-refractivity contribution in [1.29, 1.82) is 0 Å². The van der Waals surface area contributed by atoms with Crippen LogP contribution in [-0.2, 0) is 4.79 Å². The zero-order valence-corrected chi connectivity index (χ0v) is 11.6. The smallest absolute Gasteiger partial charge is 0.228 e. The van der Waals surface area contributed by atoms with Crippen molar-refractivity contribution in [2.24, 2.45) is 11.7 Å². The van der Waals surface area contributed by atoms with Gasteiger partial charge in [0.25, 0.3) is 0 Å². The van der Waals surface area contributed by atoms with Gasteiger partial charge in [-0.05, 0) is 30.5 Å². The Morgan fingerprint density at radius 2 is 2.11 bits per heavy atom. The van der Waals surface area contributed by atoms with Crippen LogP contribution in [0.2, 0.25) is 5.02 Å². The fourth-order valence-electron chi connectivity index (χ4n) is 1.69. The fraction of sp³-hybridized carbons (Fsp3) is 0.286. The third kappa shape index (κ3) is 3.03. The van der Waals surface area contributed by atoms with Crippen molar-refractivity contribution in [2.75, 3.05) is 5.32 Å². The number of pyridine rings is 1. The van der Waals surface area contributed by atoms with Crippen LogP contribution in [0.15, 0.2) is 30.6 Å². The summed E-state index contributed by atoms with van der Waals surface area (Å²) in [4.78, 5) is 16.0. The number of rotatable bonds is 3. The topological polar surface area (TPSA) is 68.0 Å². The second-order valence-electron chi connectivity index (χ2n) is 4.69. The summed E-state index contributed by atoms with van der Waals surface area (Å²) >= 11 is 6.16. The first-order valence-electron chi connectivity index (χ1n) is 6.08. The number of fused-ring (bicyclic) bond motifs is 1. The second-order valence-corrected chi connectivity index (χ2v) is 5.10. The molecule has 2 rings (SSSR count). The van der Waals surface area contributed by atoms with Gasteiger partial charge in [0.15, 0.2) is 0 Å². The van der Waals surface area contributed by atoms with E-state index in [2.05, 4.69) is 10.3 Å². The van der Waals surface area contributed by atoms with Gasteiger partial charge in [-0.3, -0.25) is 9.78 Å². The lowest BCUT2D eigenvalue weighted by Crippen LogP contribution is -2.34. The molecule has 0 radical (unpaired) electrons. The Labute approximate surface area is 117 Å². The Balaban J connectivity index is 2.30. The first kappa shape index (κ1) is 13.8. The van der Waals surface area contributed by atoms with E-state index in [0.29, 0.717) is 10.7 Å². The van der Waals surface area contributed by atoms with Gasteiger partial charge < -0.3 is 11.1 Å². The zero-order chi connectivity index (χ0) is 14.0. The first-order valence-corrected chi connectivity index (χ1v) is 6.46. The minimum atomic E-state index is -0.274. The van der Waals surface area contributed by atoms with E-state index in [1.54, 1.807) is 32.3 Å². The number of anilines is 1. The first-order chi connectivity index (χ1) is 8.99. The predicted molar refractivity (Wildman–Crippen MR) is 78.2 cm³/mol. The molecule has 1 amide bonds. The standard InChI is InChI=1S/C14H16ClN3O/c1-8(9(2)16)14(19)18-13-6-10-3-4-17-7-11(10)5-12(13)15/h3-9H,16H2,1-2H3,(H,18,19)/t8-,9?/m0/s1. The summed E-state index contributed by atoms with van der Waals surface area (Å²) in [6.07, 6.45) is 3.43. The van der Waals surface area contributed by atoms with Crippen LogP contribution < -0.4 is 11.1 Å². The molecule has 0 saturated carbocycles. The number of amides is 1. The van der Waals surface area contributed by atoms with Gasteiger partial charge in [-0.25, -0.2) is 0 Å². The highest BCUT2D eigenvalue weighted by Gasteiger charge is 2.18. The van der Waals surface area contributed by atoms with Gasteiger partial charge in [-0.1, -0.05) is 18.5 Å². The lowest BCUT2D eigenvalue weighted by atomic mass is 10.0. The average molecular weight is 278 g/mol. The number of carbonyl (C=O) groups is 1. The van der Waals surface area contributed by atoms with Crippen molar-refractivity contribution in [1.82, 2.24) is 4.98 Å². The van der Waals surface area contributed by atoms with E-state index >= 15 is 0 Å². The molecule has 0 aliphatic carbocycles. The third-order valence-electron chi connectivity index (χ3n) is 3.19. The lowest BCUT2D eigenvalue weighted by Gasteiger charge is -2.16. The molecule has 1 unspecified atom stereocenters. The lowest BCUT2D eigenvalue weighted by molar-refractivity contribution is -0.119. The van der Waals surface area contributed by atoms with Gasteiger partial charge in [0.05, 0.1) is 16.6 Å². The molecular formula is C14H16ClN3O. The van der Waals surface area contributed by atoms with E-state index in [9.17, 15) is 4.79 Å². The van der Waals surface area contributed by atoms with Crippen molar-refractivity contribution >= 4 is 34.0 Å². The molecule has 19 heavy (non-hydrogen) atoms. The Kier molecular flexibility index (Phi) is 4.02. The van der Waals surface area contributed by atoms with Gasteiger partial charge in [0, 0.05) is 23.8 Å². The molecule has 1 aromatic carbocycles. The summed E-state index contributed by atoms with van der Waals surface area (Å²) in [7, 11) is 0. The molecule has 0 saturated heterocycles. The van der Waals surface area contributed by atoms with Crippen LogP contribution in [0.4, 0.5) is 5.69 Å². The molecule has 0 spiro atoms. The van der Waals surface area contributed by atoms with E-state index in [0.717, 1.165) is 10.8 Å². The van der Waals surface area contributed by atoms with Gasteiger partial charge in [-0.15, -0.1) is 0 Å². The quantitative estimate of drug-likeness (QED) is 0.906. The molecule has 0 aliphatic rings. The molecule has 1 heterocycles. The maximum absolute atomic E-state index is 12.0. The highest BCUT2D eigenvalue weighted by molar-refractivity contribution is 6.34. The molecule has 2 atom stereocenters. The molecule has 3 N–H and O–H groups in total. The minimum Gasteiger partial charge on any atom is -0.327 e. The van der Waals surface area contributed by atoms with Gasteiger partial charge in [-0.2, -0.15) is 0 Å². The van der Waals surface area contributed by atoms with Crippen molar-refractivity contribution in [3.05, 3.63) is 35.6 Å². The van der Waals surface area contributed by atoms with Gasteiger partial charge in [0.2, 0.25) is 5.91 Å². The summed E-state index contributed by atoms with van der Waals surface area (Å²) in [6.45, 7) is 3.59. The van der Waals surface area contributed by atoms with Crippen LogP contribution >= 0.6 is 11.6 Å². The van der Waals surface area contributed by atoms with E-state index in [4.69, 9.17) is 17.3 Å². The molecule has 2 aromatic rings. The number of hydrogen-bond acceptors (Lipinski definition) is 3. The molecule has 0 aliphatic heterocycles. The molecule has 4 nitrogen and oxygen atoms in total. The van der Waals surface area contributed by atoms with Gasteiger partial charge >= 0.3 is 0 Å². The van der Waals surface area contributed by atoms with Crippen molar-refractivity contribution in [2.45, 2.75) is 19.9 Å². The van der Waals surface area contributed by atoms with E-state index < -0.39 is 0 Å². The molecule has 0 fully saturated rings. The monoisotopic (exact) mass is 277 g/mol. The largest absolute Gasteiger partial charge is 0.327 e. The van der Waals surface area contributed by atoms with E-state index in [1.165, 1.54) is 0 Å². The summed E-state index contributed by atoms with van der Waals surface area (Å²) in [6, 6.07) is 5.29. The van der Waals surface area contributed by atoms with Crippen molar-refractivity contribution < 1.29 is 4.79 Å². The third-order valence-corrected chi connectivity index (χ3v) is 3.50. The highest BCUT2D eigenvalue weighted by atomic mass is 35.5. The average Bonchev–Trinajstić information content (AvgIpc) is 2.38. The maximum Gasteiger partial charge on any atom is 0.228 e. The fourth-order valence-corrected chi connectivity index (χ4v) is 1.91. The van der Waals surface area contributed by atoms with Gasteiger partial charge in [0.1, 0.15) is 0 Å². The van der Waals surface area contributed by atoms with E-state index in [-0.39, 0.29) is 17.9 Å². The Hall–Kier alpha value is -1.65. The van der Waals surface area contributed by atoms with E-state index in [1.807, 2.05) is 12.1 Å². The van der Waals surface area contributed by atoms with Crippen molar-refractivity contribution in [3.63, 3.8) is 0 Å². The van der Waals surface area contributed by atoms with Crippen LogP contribution in [-0.4, -0.2) is 16.9 Å². The molecule has 5 heteroatoms. The molecule has 100 valence electrons. The Morgan fingerprint density at radius 3 is 2.79 bits per heavy atom.